The molecule has 2 aromatic rings. The fourth-order valence-electron chi connectivity index (χ4n) is 1.62. The average molecular weight is 295 g/mol. The highest BCUT2D eigenvalue weighted by Crippen LogP contribution is 2.35. The first kappa shape index (κ1) is 14.2. The molecule has 106 valence electrons. The number of nitrogens with two attached hydrogens (primary N) is 1. The van der Waals surface area contributed by atoms with Crippen molar-refractivity contribution in [2.24, 2.45) is 0 Å². The molecule has 2 aromatic carbocycles. The molecule has 0 heterocycles. The molecular weight excluding hydrogens is 291 g/mol. The Balaban J connectivity index is 2.87. The Morgan fingerprint density at radius 3 is 1.50 bits per heavy atom. The van der Waals surface area contributed by atoms with Crippen LogP contribution in [0.5, 0.6) is 0 Å². The van der Waals surface area contributed by atoms with Gasteiger partial charge in [0.15, 0.2) is 34.9 Å². The van der Waals surface area contributed by atoms with E-state index < -0.39 is 57.5 Å². The van der Waals surface area contributed by atoms with Gasteiger partial charge in [-0.1, -0.05) is 0 Å². The Morgan fingerprint density at radius 1 is 0.600 bits per heavy atom. The summed E-state index contributed by atoms with van der Waals surface area (Å²) in [7, 11) is 0. The first-order valence-electron chi connectivity index (χ1n) is 5.02. The minimum atomic E-state index is -2.36. The number of nitrogen functional groups attached to an aromatic ring is 1. The number of anilines is 1. The van der Waals surface area contributed by atoms with Gasteiger partial charge >= 0.3 is 0 Å². The molecule has 0 aliphatic carbocycles. The lowest BCUT2D eigenvalue weighted by molar-refractivity contribution is 0.381. The van der Waals surface area contributed by atoms with Gasteiger partial charge in [0.2, 0.25) is 5.82 Å². The zero-order valence-electron chi connectivity index (χ0n) is 9.38. The lowest BCUT2D eigenvalue weighted by Crippen LogP contribution is -2.06. The molecule has 0 aliphatic rings. The summed E-state index contributed by atoms with van der Waals surface area (Å²) in [5.74, 6) is -14.1. The van der Waals surface area contributed by atoms with Gasteiger partial charge in [0.1, 0.15) is 0 Å². The number of halogens is 7. The molecule has 0 fully saturated rings. The second-order valence-corrected chi connectivity index (χ2v) is 3.80. The van der Waals surface area contributed by atoms with Gasteiger partial charge in [-0.15, -0.1) is 0 Å². The second-order valence-electron chi connectivity index (χ2n) is 3.80. The normalized spacial score (nSPS) is 10.9. The maximum absolute atomic E-state index is 13.5. The van der Waals surface area contributed by atoms with Crippen LogP contribution in [-0.2, 0) is 0 Å². The van der Waals surface area contributed by atoms with Crippen LogP contribution >= 0.6 is 0 Å². The Labute approximate surface area is 107 Å². The van der Waals surface area contributed by atoms with E-state index in [9.17, 15) is 30.7 Å². The van der Waals surface area contributed by atoms with Gasteiger partial charge in [-0.3, -0.25) is 0 Å². The van der Waals surface area contributed by atoms with Crippen LogP contribution in [-0.4, -0.2) is 0 Å². The van der Waals surface area contributed by atoms with Crippen LogP contribution in [0.4, 0.5) is 36.4 Å². The van der Waals surface area contributed by atoms with E-state index in [1.165, 1.54) is 0 Å². The Kier molecular flexibility index (Phi) is 3.33. The molecular formula is C12H4F7N. The van der Waals surface area contributed by atoms with E-state index in [0.29, 0.717) is 6.07 Å². The summed E-state index contributed by atoms with van der Waals surface area (Å²) in [6.45, 7) is 0. The van der Waals surface area contributed by atoms with Crippen molar-refractivity contribution < 1.29 is 30.7 Å². The van der Waals surface area contributed by atoms with E-state index in [1.54, 1.807) is 0 Å². The van der Waals surface area contributed by atoms with Gasteiger partial charge in [0.25, 0.3) is 0 Å². The Hall–Kier alpha value is -2.25. The highest BCUT2D eigenvalue weighted by atomic mass is 19.2. The van der Waals surface area contributed by atoms with Gasteiger partial charge < -0.3 is 5.73 Å². The van der Waals surface area contributed by atoms with Crippen LogP contribution in [0.3, 0.4) is 0 Å². The van der Waals surface area contributed by atoms with Crippen molar-refractivity contribution in [1.29, 1.82) is 0 Å². The van der Waals surface area contributed by atoms with E-state index >= 15 is 0 Å². The predicted octanol–water partition coefficient (Wildman–Crippen LogP) is 3.91. The lowest BCUT2D eigenvalue weighted by atomic mass is 10.0. The molecule has 2 N–H and O–H groups in total. The minimum Gasteiger partial charge on any atom is -0.398 e. The lowest BCUT2D eigenvalue weighted by Gasteiger charge is -2.11. The van der Waals surface area contributed by atoms with Crippen molar-refractivity contribution in [3.8, 4) is 11.1 Å². The highest BCUT2D eigenvalue weighted by molar-refractivity contribution is 5.77. The Morgan fingerprint density at radius 2 is 1.00 bits per heavy atom. The molecule has 0 saturated heterocycles. The molecule has 8 heteroatoms. The van der Waals surface area contributed by atoms with Gasteiger partial charge in [-0.25, -0.2) is 30.7 Å². The van der Waals surface area contributed by atoms with Crippen LogP contribution in [0.2, 0.25) is 0 Å². The van der Waals surface area contributed by atoms with E-state index in [2.05, 4.69) is 0 Å². The SMILES string of the molecule is Nc1cc(F)c(F)cc1-c1c(F)c(F)c(F)c(F)c1F. The smallest absolute Gasteiger partial charge is 0.200 e. The first-order chi connectivity index (χ1) is 9.25. The topological polar surface area (TPSA) is 26.0 Å². The summed E-state index contributed by atoms with van der Waals surface area (Å²) in [6, 6.07) is 0.631. The molecule has 1 nitrogen and oxygen atoms in total. The van der Waals surface area contributed by atoms with E-state index in [0.717, 1.165) is 0 Å². The standard InChI is InChI=1S/C12H4F7N/c13-4-1-3(6(20)2-5(4)14)7-8(15)10(17)12(19)11(18)9(7)16/h1-2H,20H2. The molecule has 0 saturated carbocycles. The average Bonchev–Trinajstić information content (AvgIpc) is 2.40. The maximum atomic E-state index is 13.5. The number of benzene rings is 2. The molecule has 0 aliphatic heterocycles. The molecule has 0 aromatic heterocycles. The third-order valence-electron chi connectivity index (χ3n) is 2.57. The molecule has 0 spiro atoms. The summed E-state index contributed by atoms with van der Waals surface area (Å²) in [4.78, 5) is 0. The van der Waals surface area contributed by atoms with E-state index in [4.69, 9.17) is 5.73 Å². The fraction of sp³-hybridized carbons (Fsp3) is 0. The maximum Gasteiger partial charge on any atom is 0.200 e. The minimum absolute atomic E-state index is 0.253. The molecule has 20 heavy (non-hydrogen) atoms. The van der Waals surface area contributed by atoms with E-state index in [1.807, 2.05) is 0 Å². The van der Waals surface area contributed by atoms with Crippen molar-refractivity contribution >= 4 is 5.69 Å². The third-order valence-corrected chi connectivity index (χ3v) is 2.57. The number of hydrogen-bond acceptors (Lipinski definition) is 1. The van der Waals surface area contributed by atoms with Crippen LogP contribution in [0.15, 0.2) is 12.1 Å². The molecule has 0 bridgehead atoms. The van der Waals surface area contributed by atoms with Crippen LogP contribution in [0, 0.1) is 40.7 Å². The number of rotatable bonds is 1. The number of hydrogen-bond donors (Lipinski definition) is 1. The first-order valence-corrected chi connectivity index (χ1v) is 5.02. The summed E-state index contributed by atoms with van der Waals surface area (Å²) < 4.78 is 91.8. The van der Waals surface area contributed by atoms with Crippen LogP contribution < -0.4 is 5.73 Å². The molecule has 0 unspecified atom stereocenters. The second kappa shape index (κ2) is 4.69. The van der Waals surface area contributed by atoms with Crippen LogP contribution in [0.25, 0.3) is 11.1 Å². The van der Waals surface area contributed by atoms with Crippen LogP contribution in [0.1, 0.15) is 0 Å². The van der Waals surface area contributed by atoms with Gasteiger partial charge in [0.05, 0.1) is 5.56 Å². The zero-order valence-corrected chi connectivity index (χ0v) is 9.38. The van der Waals surface area contributed by atoms with Crippen molar-refractivity contribution in [3.05, 3.63) is 52.9 Å². The van der Waals surface area contributed by atoms with Crippen molar-refractivity contribution in [1.82, 2.24) is 0 Å². The van der Waals surface area contributed by atoms with Gasteiger partial charge in [0, 0.05) is 17.3 Å². The van der Waals surface area contributed by atoms with Crippen molar-refractivity contribution in [2.75, 3.05) is 5.73 Å². The fourth-order valence-corrected chi connectivity index (χ4v) is 1.62. The highest BCUT2D eigenvalue weighted by Gasteiger charge is 2.28. The monoisotopic (exact) mass is 295 g/mol. The molecule has 0 amide bonds. The molecule has 0 atom stereocenters. The summed E-state index contributed by atoms with van der Waals surface area (Å²) in [6.07, 6.45) is 0. The molecule has 2 rings (SSSR count). The summed E-state index contributed by atoms with van der Waals surface area (Å²) in [5.41, 5.74) is 2.29. The van der Waals surface area contributed by atoms with Crippen molar-refractivity contribution in [2.45, 2.75) is 0 Å². The quantitative estimate of drug-likeness (QED) is 0.367. The van der Waals surface area contributed by atoms with Gasteiger partial charge in [-0.05, 0) is 6.07 Å². The zero-order chi connectivity index (χ0) is 15.2. The van der Waals surface area contributed by atoms with E-state index in [-0.39, 0.29) is 6.07 Å². The third kappa shape index (κ3) is 1.97. The van der Waals surface area contributed by atoms with Crippen molar-refractivity contribution in [3.63, 3.8) is 0 Å². The predicted molar refractivity (Wildman–Crippen MR) is 56.0 cm³/mol. The largest absolute Gasteiger partial charge is 0.398 e. The summed E-state index contributed by atoms with van der Waals surface area (Å²) in [5, 5.41) is 0. The summed E-state index contributed by atoms with van der Waals surface area (Å²) >= 11 is 0. The Bertz CT molecular complexity index is 683. The van der Waals surface area contributed by atoms with Gasteiger partial charge in [-0.2, -0.15) is 0 Å². The molecule has 0 radical (unpaired) electrons.